The standard InChI is InChI=1S/C19H24N2O2/c1-14(2)17-7-5-16(6-8-17)10-11-20-13-18-12-15(3)4-9-19(18)21(22)23/h4-9,12,14,20H,10-11,13H2,1-3H3. The van der Waals surface area contributed by atoms with E-state index in [1.165, 1.54) is 11.1 Å². The monoisotopic (exact) mass is 312 g/mol. The number of aryl methyl sites for hydroxylation is 1. The summed E-state index contributed by atoms with van der Waals surface area (Å²) in [6.07, 6.45) is 0.915. The number of benzene rings is 2. The maximum Gasteiger partial charge on any atom is 0.273 e. The number of rotatable bonds is 7. The summed E-state index contributed by atoms with van der Waals surface area (Å²) in [4.78, 5) is 10.7. The van der Waals surface area contributed by atoms with Gasteiger partial charge >= 0.3 is 0 Å². The van der Waals surface area contributed by atoms with E-state index >= 15 is 0 Å². The van der Waals surface area contributed by atoms with Gasteiger partial charge in [0.05, 0.1) is 4.92 Å². The smallest absolute Gasteiger partial charge is 0.273 e. The number of nitro groups is 1. The Kier molecular flexibility index (Phi) is 5.88. The van der Waals surface area contributed by atoms with Gasteiger partial charge in [-0.15, -0.1) is 0 Å². The molecule has 2 aromatic rings. The number of nitrogens with zero attached hydrogens (tertiary/aromatic N) is 1. The molecule has 0 bridgehead atoms. The fraction of sp³-hybridized carbons (Fsp3) is 0.368. The van der Waals surface area contributed by atoms with Crippen molar-refractivity contribution >= 4 is 5.69 Å². The Bertz CT molecular complexity index is 664. The van der Waals surface area contributed by atoms with Crippen LogP contribution in [-0.4, -0.2) is 11.5 Å². The first-order valence-electron chi connectivity index (χ1n) is 8.01. The summed E-state index contributed by atoms with van der Waals surface area (Å²) in [6.45, 7) is 7.63. The van der Waals surface area contributed by atoms with Crippen LogP contribution < -0.4 is 5.32 Å². The van der Waals surface area contributed by atoms with Gasteiger partial charge in [-0.05, 0) is 43.0 Å². The molecule has 122 valence electrons. The van der Waals surface area contributed by atoms with Crippen molar-refractivity contribution in [3.05, 3.63) is 74.8 Å². The van der Waals surface area contributed by atoms with E-state index in [2.05, 4.69) is 43.4 Å². The van der Waals surface area contributed by atoms with Crippen molar-refractivity contribution in [3.63, 3.8) is 0 Å². The van der Waals surface area contributed by atoms with Crippen molar-refractivity contribution in [2.75, 3.05) is 6.54 Å². The molecule has 0 unspecified atom stereocenters. The van der Waals surface area contributed by atoms with E-state index < -0.39 is 0 Å². The third-order valence-corrected chi connectivity index (χ3v) is 3.98. The van der Waals surface area contributed by atoms with E-state index in [1.54, 1.807) is 12.1 Å². The fourth-order valence-corrected chi connectivity index (χ4v) is 2.56. The molecule has 0 heterocycles. The molecule has 0 saturated carbocycles. The van der Waals surface area contributed by atoms with Crippen LogP contribution in [0.15, 0.2) is 42.5 Å². The van der Waals surface area contributed by atoms with Gasteiger partial charge in [0.15, 0.2) is 0 Å². The minimum atomic E-state index is -0.318. The van der Waals surface area contributed by atoms with Gasteiger partial charge < -0.3 is 5.32 Å². The third-order valence-electron chi connectivity index (χ3n) is 3.98. The molecule has 0 fully saturated rings. The molecular formula is C19H24N2O2. The Balaban J connectivity index is 1.88. The summed E-state index contributed by atoms with van der Waals surface area (Å²) >= 11 is 0. The lowest BCUT2D eigenvalue weighted by atomic mass is 10.0. The molecular weight excluding hydrogens is 288 g/mol. The van der Waals surface area contributed by atoms with Crippen molar-refractivity contribution < 1.29 is 4.92 Å². The quantitative estimate of drug-likeness (QED) is 0.469. The molecule has 0 saturated heterocycles. The van der Waals surface area contributed by atoms with Crippen LogP contribution in [0.25, 0.3) is 0 Å². The Morgan fingerprint density at radius 1 is 1.13 bits per heavy atom. The molecule has 0 aromatic heterocycles. The summed E-state index contributed by atoms with van der Waals surface area (Å²) in [5.41, 5.74) is 4.59. The van der Waals surface area contributed by atoms with Crippen LogP contribution in [0.3, 0.4) is 0 Å². The van der Waals surface area contributed by atoms with Crippen LogP contribution in [0.5, 0.6) is 0 Å². The predicted molar refractivity (Wildman–Crippen MR) is 93.8 cm³/mol. The molecule has 2 aromatic carbocycles. The second-order valence-electron chi connectivity index (χ2n) is 6.21. The van der Waals surface area contributed by atoms with Gasteiger partial charge in [0.1, 0.15) is 0 Å². The van der Waals surface area contributed by atoms with E-state index in [0.717, 1.165) is 24.1 Å². The highest BCUT2D eigenvalue weighted by molar-refractivity contribution is 5.42. The minimum absolute atomic E-state index is 0.185. The lowest BCUT2D eigenvalue weighted by molar-refractivity contribution is -0.385. The van der Waals surface area contributed by atoms with Gasteiger partial charge in [0.2, 0.25) is 0 Å². The lowest BCUT2D eigenvalue weighted by Gasteiger charge is -2.09. The Morgan fingerprint density at radius 2 is 1.83 bits per heavy atom. The molecule has 0 radical (unpaired) electrons. The van der Waals surface area contributed by atoms with E-state index in [9.17, 15) is 10.1 Å². The molecule has 4 heteroatoms. The highest BCUT2D eigenvalue weighted by Crippen LogP contribution is 2.19. The number of nitrogens with one attached hydrogen (secondary N) is 1. The zero-order valence-electron chi connectivity index (χ0n) is 14.0. The predicted octanol–water partition coefficient (Wildman–Crippen LogP) is 4.36. The summed E-state index contributed by atoms with van der Waals surface area (Å²) < 4.78 is 0. The number of hydrogen-bond acceptors (Lipinski definition) is 3. The summed E-state index contributed by atoms with van der Waals surface area (Å²) in [5, 5.41) is 14.4. The molecule has 0 aliphatic heterocycles. The van der Waals surface area contributed by atoms with Crippen molar-refractivity contribution in [2.24, 2.45) is 0 Å². The topological polar surface area (TPSA) is 55.2 Å². The van der Waals surface area contributed by atoms with Gasteiger partial charge in [-0.1, -0.05) is 49.7 Å². The summed E-state index contributed by atoms with van der Waals surface area (Å²) in [6, 6.07) is 13.9. The number of nitro benzene ring substituents is 1. The van der Waals surface area contributed by atoms with Gasteiger partial charge in [0.25, 0.3) is 5.69 Å². The van der Waals surface area contributed by atoms with Crippen LogP contribution >= 0.6 is 0 Å². The molecule has 4 nitrogen and oxygen atoms in total. The molecule has 2 rings (SSSR count). The van der Waals surface area contributed by atoms with Crippen molar-refractivity contribution in [1.82, 2.24) is 5.32 Å². The first kappa shape index (κ1) is 17.2. The fourth-order valence-electron chi connectivity index (χ4n) is 2.56. The maximum atomic E-state index is 11.1. The lowest BCUT2D eigenvalue weighted by Crippen LogP contribution is -2.17. The SMILES string of the molecule is Cc1ccc([N+](=O)[O-])c(CNCCc2ccc(C(C)C)cc2)c1. The largest absolute Gasteiger partial charge is 0.312 e. The van der Waals surface area contributed by atoms with Gasteiger partial charge in [-0.3, -0.25) is 10.1 Å². The van der Waals surface area contributed by atoms with Gasteiger partial charge in [0, 0.05) is 18.2 Å². The van der Waals surface area contributed by atoms with Crippen LogP contribution in [0.1, 0.15) is 42.0 Å². The van der Waals surface area contributed by atoms with Crippen LogP contribution in [0.4, 0.5) is 5.69 Å². The van der Waals surface area contributed by atoms with Gasteiger partial charge in [-0.25, -0.2) is 0 Å². The zero-order valence-corrected chi connectivity index (χ0v) is 14.0. The Morgan fingerprint density at radius 3 is 2.43 bits per heavy atom. The normalized spacial score (nSPS) is 11.0. The van der Waals surface area contributed by atoms with Crippen LogP contribution in [-0.2, 0) is 13.0 Å². The van der Waals surface area contributed by atoms with E-state index in [4.69, 9.17) is 0 Å². The van der Waals surface area contributed by atoms with Crippen molar-refractivity contribution in [2.45, 2.75) is 39.7 Å². The highest BCUT2D eigenvalue weighted by atomic mass is 16.6. The second-order valence-corrected chi connectivity index (χ2v) is 6.21. The Hall–Kier alpha value is -2.20. The molecule has 0 aliphatic rings. The molecule has 0 amide bonds. The van der Waals surface area contributed by atoms with Crippen LogP contribution in [0, 0.1) is 17.0 Å². The molecule has 0 spiro atoms. The first-order chi connectivity index (χ1) is 11.0. The maximum absolute atomic E-state index is 11.1. The van der Waals surface area contributed by atoms with E-state index in [-0.39, 0.29) is 10.6 Å². The molecule has 0 atom stereocenters. The third kappa shape index (κ3) is 4.89. The summed E-state index contributed by atoms with van der Waals surface area (Å²) in [5.74, 6) is 0.545. The average molecular weight is 312 g/mol. The molecule has 1 N–H and O–H groups in total. The highest BCUT2D eigenvalue weighted by Gasteiger charge is 2.12. The number of hydrogen-bond donors (Lipinski definition) is 1. The van der Waals surface area contributed by atoms with Gasteiger partial charge in [-0.2, -0.15) is 0 Å². The van der Waals surface area contributed by atoms with E-state index in [1.807, 2.05) is 13.0 Å². The first-order valence-corrected chi connectivity index (χ1v) is 8.01. The van der Waals surface area contributed by atoms with Crippen molar-refractivity contribution in [3.8, 4) is 0 Å². The molecule has 0 aliphatic carbocycles. The van der Waals surface area contributed by atoms with Crippen molar-refractivity contribution in [1.29, 1.82) is 0 Å². The summed E-state index contributed by atoms with van der Waals surface area (Å²) in [7, 11) is 0. The molecule has 23 heavy (non-hydrogen) atoms. The average Bonchev–Trinajstić information content (AvgIpc) is 2.51. The van der Waals surface area contributed by atoms with E-state index in [0.29, 0.717) is 12.5 Å². The second kappa shape index (κ2) is 7.88. The Labute approximate surface area is 137 Å². The zero-order chi connectivity index (χ0) is 16.8. The minimum Gasteiger partial charge on any atom is -0.312 e. The van der Waals surface area contributed by atoms with Crippen LogP contribution in [0.2, 0.25) is 0 Å².